The predicted molar refractivity (Wildman–Crippen MR) is 209 cm³/mol. The van der Waals surface area contributed by atoms with Crippen LogP contribution in [-0.4, -0.2) is 9.55 Å². The van der Waals surface area contributed by atoms with Gasteiger partial charge in [-0.2, -0.15) is 0 Å². The van der Waals surface area contributed by atoms with Gasteiger partial charge >= 0.3 is 0 Å². The van der Waals surface area contributed by atoms with Crippen LogP contribution in [0.2, 0.25) is 0 Å². The van der Waals surface area contributed by atoms with Gasteiger partial charge in [0.25, 0.3) is 0 Å². The lowest BCUT2D eigenvalue weighted by molar-refractivity contribution is 1.18. The predicted octanol–water partition coefficient (Wildman–Crippen LogP) is 12.8. The Morgan fingerprint density at radius 3 is 1.96 bits per heavy atom. The molecule has 0 aliphatic carbocycles. The summed E-state index contributed by atoms with van der Waals surface area (Å²) < 4.78 is 3.59. The number of rotatable bonds is 5. The molecule has 10 rings (SSSR count). The number of anilines is 3. The molecule has 10 aromatic rings. The summed E-state index contributed by atoms with van der Waals surface area (Å²) in [5.74, 6) is 0. The van der Waals surface area contributed by atoms with Gasteiger partial charge in [-0.05, 0) is 83.9 Å². The second kappa shape index (κ2) is 11.2. The lowest BCUT2D eigenvalue weighted by Crippen LogP contribution is -2.09. The Hall–Kier alpha value is -6.23. The average Bonchev–Trinajstić information content (AvgIpc) is 3.69. The number of fused-ring (bicyclic) bond motifs is 7. The third-order valence-electron chi connectivity index (χ3n) is 9.57. The normalized spacial score (nSPS) is 11.7. The first kappa shape index (κ1) is 27.8. The summed E-state index contributed by atoms with van der Waals surface area (Å²) in [7, 11) is 0. The van der Waals surface area contributed by atoms with Crippen molar-refractivity contribution < 1.29 is 0 Å². The SMILES string of the molecule is c1ccc(-c2ccc(N(c3ccc4c(c3)sc3nc5ccccc5cc34)c3ccc4c(c3)c3ccccc3n4-c3ccccc3)cc2)cc1. The summed E-state index contributed by atoms with van der Waals surface area (Å²) in [6, 6.07) is 63.3. The lowest BCUT2D eigenvalue weighted by Gasteiger charge is -2.26. The van der Waals surface area contributed by atoms with Gasteiger partial charge in [0.15, 0.2) is 0 Å². The Kier molecular flexibility index (Phi) is 6.36. The molecule has 3 aromatic heterocycles. The Bertz CT molecular complexity index is 2820. The Morgan fingerprint density at radius 1 is 0.449 bits per heavy atom. The highest BCUT2D eigenvalue weighted by molar-refractivity contribution is 7.25. The zero-order valence-electron chi connectivity index (χ0n) is 26.5. The van der Waals surface area contributed by atoms with Crippen LogP contribution in [0.1, 0.15) is 0 Å². The number of hydrogen-bond donors (Lipinski definition) is 0. The molecule has 0 N–H and O–H groups in total. The van der Waals surface area contributed by atoms with E-state index >= 15 is 0 Å². The van der Waals surface area contributed by atoms with Gasteiger partial charge in [0.05, 0.1) is 16.6 Å². The lowest BCUT2D eigenvalue weighted by atomic mass is 10.0. The minimum atomic E-state index is 1.03. The van der Waals surface area contributed by atoms with E-state index in [4.69, 9.17) is 4.98 Å². The molecule has 0 saturated carbocycles. The molecule has 3 heterocycles. The Balaban J connectivity index is 1.18. The van der Waals surface area contributed by atoms with Crippen LogP contribution in [0.25, 0.3) is 69.8 Å². The first-order valence-corrected chi connectivity index (χ1v) is 17.4. The van der Waals surface area contributed by atoms with Crippen LogP contribution in [0.4, 0.5) is 17.1 Å². The van der Waals surface area contributed by atoms with Crippen molar-refractivity contribution in [2.24, 2.45) is 0 Å². The summed E-state index contributed by atoms with van der Waals surface area (Å²) in [6.45, 7) is 0. The maximum Gasteiger partial charge on any atom is 0.125 e. The molecule has 0 unspecified atom stereocenters. The minimum absolute atomic E-state index is 1.03. The number of pyridine rings is 1. The maximum absolute atomic E-state index is 5.04. The van der Waals surface area contributed by atoms with E-state index < -0.39 is 0 Å². The molecule has 0 spiro atoms. The van der Waals surface area contributed by atoms with E-state index in [1.807, 2.05) is 0 Å². The molecular weight excluding hydrogens is 615 g/mol. The summed E-state index contributed by atoms with van der Waals surface area (Å²) in [5, 5.41) is 6.08. The van der Waals surface area contributed by atoms with Crippen LogP contribution >= 0.6 is 11.3 Å². The number of para-hydroxylation sites is 3. The molecule has 0 atom stereocenters. The molecule has 0 radical (unpaired) electrons. The average molecular weight is 644 g/mol. The highest BCUT2D eigenvalue weighted by atomic mass is 32.1. The third kappa shape index (κ3) is 4.61. The van der Waals surface area contributed by atoms with Crippen LogP contribution in [-0.2, 0) is 0 Å². The molecule has 0 amide bonds. The molecule has 0 bridgehead atoms. The fraction of sp³-hybridized carbons (Fsp3) is 0. The number of aromatic nitrogens is 2. The van der Waals surface area contributed by atoms with Crippen molar-refractivity contribution >= 4 is 81.4 Å². The van der Waals surface area contributed by atoms with E-state index in [1.54, 1.807) is 11.3 Å². The van der Waals surface area contributed by atoms with Gasteiger partial charge in [-0.15, -0.1) is 11.3 Å². The summed E-state index contributed by atoms with van der Waals surface area (Å²) in [5.41, 5.74) is 10.3. The van der Waals surface area contributed by atoms with Gasteiger partial charge in [0.2, 0.25) is 0 Å². The van der Waals surface area contributed by atoms with Crippen LogP contribution in [0.5, 0.6) is 0 Å². The van der Waals surface area contributed by atoms with E-state index in [1.165, 1.54) is 53.8 Å². The van der Waals surface area contributed by atoms with Crippen molar-refractivity contribution in [3.05, 3.63) is 176 Å². The van der Waals surface area contributed by atoms with Crippen molar-refractivity contribution in [1.29, 1.82) is 0 Å². The Labute approximate surface area is 287 Å². The van der Waals surface area contributed by atoms with Crippen molar-refractivity contribution in [2.75, 3.05) is 4.90 Å². The van der Waals surface area contributed by atoms with E-state index in [9.17, 15) is 0 Å². The van der Waals surface area contributed by atoms with E-state index in [0.29, 0.717) is 0 Å². The highest BCUT2D eigenvalue weighted by Crippen LogP contribution is 2.43. The van der Waals surface area contributed by atoms with Gasteiger partial charge in [-0.3, -0.25) is 0 Å². The molecular formula is C45H29N3S. The molecule has 0 aliphatic heterocycles. The molecule has 4 heteroatoms. The quantitative estimate of drug-likeness (QED) is 0.186. The van der Waals surface area contributed by atoms with Gasteiger partial charge in [0.1, 0.15) is 4.83 Å². The van der Waals surface area contributed by atoms with Gasteiger partial charge in [-0.1, -0.05) is 103 Å². The van der Waals surface area contributed by atoms with Crippen molar-refractivity contribution in [2.45, 2.75) is 0 Å². The molecule has 0 aliphatic rings. The van der Waals surface area contributed by atoms with E-state index in [-0.39, 0.29) is 0 Å². The molecule has 49 heavy (non-hydrogen) atoms. The number of thiophene rings is 1. The minimum Gasteiger partial charge on any atom is -0.310 e. The zero-order chi connectivity index (χ0) is 32.3. The van der Waals surface area contributed by atoms with Crippen LogP contribution in [0.15, 0.2) is 176 Å². The smallest absolute Gasteiger partial charge is 0.125 e. The van der Waals surface area contributed by atoms with Gasteiger partial charge < -0.3 is 9.47 Å². The van der Waals surface area contributed by atoms with E-state index in [2.05, 4.69) is 185 Å². The molecule has 3 nitrogen and oxygen atoms in total. The number of benzene rings is 7. The molecule has 0 fully saturated rings. The maximum atomic E-state index is 5.04. The number of nitrogens with zero attached hydrogens (tertiary/aromatic N) is 3. The van der Waals surface area contributed by atoms with E-state index in [0.717, 1.165) is 33.1 Å². The first-order chi connectivity index (χ1) is 24.3. The monoisotopic (exact) mass is 643 g/mol. The van der Waals surface area contributed by atoms with Crippen molar-refractivity contribution in [3.63, 3.8) is 0 Å². The third-order valence-corrected chi connectivity index (χ3v) is 10.6. The van der Waals surface area contributed by atoms with Crippen molar-refractivity contribution in [1.82, 2.24) is 9.55 Å². The number of hydrogen-bond acceptors (Lipinski definition) is 3. The Morgan fingerprint density at radius 2 is 1.10 bits per heavy atom. The zero-order valence-corrected chi connectivity index (χ0v) is 27.3. The van der Waals surface area contributed by atoms with Crippen LogP contribution < -0.4 is 4.90 Å². The van der Waals surface area contributed by atoms with Crippen LogP contribution in [0, 0.1) is 0 Å². The van der Waals surface area contributed by atoms with Crippen LogP contribution in [0.3, 0.4) is 0 Å². The fourth-order valence-electron chi connectivity index (χ4n) is 7.27. The molecule has 7 aromatic carbocycles. The van der Waals surface area contributed by atoms with Crippen molar-refractivity contribution in [3.8, 4) is 16.8 Å². The first-order valence-electron chi connectivity index (χ1n) is 16.5. The summed E-state index contributed by atoms with van der Waals surface area (Å²) in [4.78, 5) is 8.49. The summed E-state index contributed by atoms with van der Waals surface area (Å²) in [6.07, 6.45) is 0. The molecule has 0 saturated heterocycles. The van der Waals surface area contributed by atoms with Gasteiger partial charge in [-0.25, -0.2) is 4.98 Å². The standard InChI is InChI=1S/C45H29N3S/c1-3-11-30(12-4-1)31-19-21-34(22-20-31)47(36-23-25-38-40-27-32-13-7-9-17-41(32)46-45(40)49-44(38)29-36)35-24-26-43-39(28-35)37-16-8-10-18-42(37)48(43)33-14-5-2-6-15-33/h1-29H. The second-order valence-electron chi connectivity index (χ2n) is 12.5. The molecule has 230 valence electrons. The fourth-order valence-corrected chi connectivity index (χ4v) is 8.36. The largest absolute Gasteiger partial charge is 0.310 e. The van der Waals surface area contributed by atoms with Gasteiger partial charge in [0, 0.05) is 54.4 Å². The highest BCUT2D eigenvalue weighted by Gasteiger charge is 2.19. The second-order valence-corrected chi connectivity index (χ2v) is 13.5. The summed E-state index contributed by atoms with van der Waals surface area (Å²) >= 11 is 1.76. The topological polar surface area (TPSA) is 21.1 Å².